The van der Waals surface area contributed by atoms with Gasteiger partial charge < -0.3 is 10.1 Å². The summed E-state index contributed by atoms with van der Waals surface area (Å²) in [6.07, 6.45) is 3.07. The molecule has 20 heavy (non-hydrogen) atoms. The summed E-state index contributed by atoms with van der Waals surface area (Å²) < 4.78 is 32.0. The van der Waals surface area contributed by atoms with E-state index in [4.69, 9.17) is 4.74 Å². The number of hydrogen-bond donors (Lipinski definition) is 2. The predicted octanol–water partition coefficient (Wildman–Crippen LogP) is 1.61. The maximum absolute atomic E-state index is 12.2. The SMILES string of the molecule is CCCNc1cc(S(=O)(=O)NC(C)CCOC)ccn1. The lowest BCUT2D eigenvalue weighted by Gasteiger charge is -2.14. The number of nitrogens with zero attached hydrogens (tertiary/aromatic N) is 1. The Labute approximate surface area is 121 Å². The lowest BCUT2D eigenvalue weighted by atomic mass is 10.3. The van der Waals surface area contributed by atoms with Crippen molar-refractivity contribution in [2.45, 2.75) is 37.6 Å². The number of pyridine rings is 1. The van der Waals surface area contributed by atoms with Gasteiger partial charge in [-0.15, -0.1) is 0 Å². The molecule has 7 heteroatoms. The average molecular weight is 301 g/mol. The summed E-state index contributed by atoms with van der Waals surface area (Å²) in [5.41, 5.74) is 0. The fourth-order valence-electron chi connectivity index (χ4n) is 1.61. The number of sulfonamides is 1. The van der Waals surface area contributed by atoms with Crippen LogP contribution in [0.2, 0.25) is 0 Å². The normalized spacial score (nSPS) is 13.2. The van der Waals surface area contributed by atoms with Crippen LogP contribution >= 0.6 is 0 Å². The molecule has 1 heterocycles. The second-order valence-electron chi connectivity index (χ2n) is 4.61. The van der Waals surface area contributed by atoms with E-state index in [0.29, 0.717) is 18.8 Å². The van der Waals surface area contributed by atoms with Crippen LogP contribution in [0.4, 0.5) is 5.82 Å². The standard InChI is InChI=1S/C13H23N3O3S/c1-4-7-14-13-10-12(5-8-15-13)20(17,18)16-11(2)6-9-19-3/h5,8,10-11,16H,4,6-7,9H2,1-3H3,(H,14,15). The molecule has 0 aliphatic heterocycles. The van der Waals surface area contributed by atoms with E-state index < -0.39 is 10.0 Å². The number of aromatic nitrogens is 1. The monoisotopic (exact) mass is 301 g/mol. The maximum atomic E-state index is 12.2. The third kappa shape index (κ3) is 5.44. The summed E-state index contributed by atoms with van der Waals surface area (Å²) in [6.45, 7) is 5.12. The highest BCUT2D eigenvalue weighted by Crippen LogP contribution is 2.13. The smallest absolute Gasteiger partial charge is 0.240 e. The highest BCUT2D eigenvalue weighted by atomic mass is 32.2. The zero-order chi connectivity index (χ0) is 15.0. The Hall–Kier alpha value is -1.18. The third-order valence-corrected chi connectivity index (χ3v) is 4.30. The van der Waals surface area contributed by atoms with E-state index in [1.165, 1.54) is 12.3 Å². The molecule has 0 radical (unpaired) electrons. The number of ether oxygens (including phenoxy) is 1. The van der Waals surface area contributed by atoms with Gasteiger partial charge in [0.05, 0.1) is 4.90 Å². The van der Waals surface area contributed by atoms with Crippen molar-refractivity contribution in [1.82, 2.24) is 9.71 Å². The molecule has 0 aliphatic rings. The minimum Gasteiger partial charge on any atom is -0.385 e. The van der Waals surface area contributed by atoms with Crippen LogP contribution in [0, 0.1) is 0 Å². The minimum absolute atomic E-state index is 0.180. The molecule has 0 spiro atoms. The Morgan fingerprint density at radius 2 is 2.20 bits per heavy atom. The Morgan fingerprint density at radius 1 is 1.45 bits per heavy atom. The Balaban J connectivity index is 2.76. The van der Waals surface area contributed by atoms with E-state index in [9.17, 15) is 8.42 Å². The fraction of sp³-hybridized carbons (Fsp3) is 0.615. The van der Waals surface area contributed by atoms with Gasteiger partial charge in [-0.05, 0) is 25.8 Å². The topological polar surface area (TPSA) is 80.3 Å². The molecule has 0 aliphatic carbocycles. The van der Waals surface area contributed by atoms with Gasteiger partial charge in [0, 0.05) is 38.6 Å². The van der Waals surface area contributed by atoms with Crippen molar-refractivity contribution in [3.05, 3.63) is 18.3 Å². The zero-order valence-electron chi connectivity index (χ0n) is 12.2. The van der Waals surface area contributed by atoms with Crippen LogP contribution in [0.1, 0.15) is 26.7 Å². The molecule has 114 valence electrons. The number of nitrogens with one attached hydrogen (secondary N) is 2. The molecular formula is C13H23N3O3S. The molecule has 1 atom stereocenters. The summed E-state index contributed by atoms with van der Waals surface area (Å²) in [5, 5.41) is 3.07. The van der Waals surface area contributed by atoms with Crippen molar-refractivity contribution >= 4 is 15.8 Å². The van der Waals surface area contributed by atoms with Crippen LogP contribution in [0.15, 0.2) is 23.2 Å². The van der Waals surface area contributed by atoms with Crippen molar-refractivity contribution < 1.29 is 13.2 Å². The van der Waals surface area contributed by atoms with Gasteiger partial charge in [0.2, 0.25) is 10.0 Å². The van der Waals surface area contributed by atoms with Crippen LogP contribution < -0.4 is 10.0 Å². The van der Waals surface area contributed by atoms with E-state index in [0.717, 1.165) is 13.0 Å². The van der Waals surface area contributed by atoms with E-state index in [2.05, 4.69) is 15.0 Å². The minimum atomic E-state index is -3.52. The van der Waals surface area contributed by atoms with Crippen LogP contribution in [0.5, 0.6) is 0 Å². The number of hydrogen-bond acceptors (Lipinski definition) is 5. The van der Waals surface area contributed by atoms with Gasteiger partial charge in [-0.1, -0.05) is 6.92 Å². The van der Waals surface area contributed by atoms with Gasteiger partial charge in [-0.25, -0.2) is 18.1 Å². The molecule has 0 saturated heterocycles. The molecule has 0 fully saturated rings. The first-order valence-corrected chi connectivity index (χ1v) is 8.19. The number of rotatable bonds is 9. The highest BCUT2D eigenvalue weighted by molar-refractivity contribution is 7.89. The summed E-state index contributed by atoms with van der Waals surface area (Å²) in [4.78, 5) is 4.31. The first-order valence-electron chi connectivity index (χ1n) is 6.70. The molecule has 0 saturated carbocycles. The van der Waals surface area contributed by atoms with E-state index in [1.54, 1.807) is 13.2 Å². The zero-order valence-corrected chi connectivity index (χ0v) is 13.0. The second-order valence-corrected chi connectivity index (χ2v) is 6.32. The fourth-order valence-corrected chi connectivity index (χ4v) is 2.90. The largest absolute Gasteiger partial charge is 0.385 e. The third-order valence-electron chi connectivity index (χ3n) is 2.71. The molecule has 6 nitrogen and oxygen atoms in total. The molecule has 1 aromatic heterocycles. The molecule has 1 aromatic rings. The Bertz CT molecular complexity index is 505. The van der Waals surface area contributed by atoms with E-state index in [1.807, 2.05) is 13.8 Å². The molecule has 0 aromatic carbocycles. The summed E-state index contributed by atoms with van der Waals surface area (Å²) in [6, 6.07) is 2.85. The first kappa shape index (κ1) is 16.9. The van der Waals surface area contributed by atoms with Gasteiger partial charge >= 0.3 is 0 Å². The maximum Gasteiger partial charge on any atom is 0.240 e. The molecule has 1 rings (SSSR count). The highest BCUT2D eigenvalue weighted by Gasteiger charge is 2.17. The Morgan fingerprint density at radius 3 is 2.85 bits per heavy atom. The predicted molar refractivity (Wildman–Crippen MR) is 79.3 cm³/mol. The van der Waals surface area contributed by atoms with Gasteiger partial charge in [0.15, 0.2) is 0 Å². The summed E-state index contributed by atoms with van der Waals surface area (Å²) in [5.74, 6) is 0.569. The molecule has 0 amide bonds. The molecule has 0 bridgehead atoms. The average Bonchev–Trinajstić information content (AvgIpc) is 2.42. The molecule has 1 unspecified atom stereocenters. The van der Waals surface area contributed by atoms with Gasteiger partial charge in [0.1, 0.15) is 5.82 Å². The quantitative estimate of drug-likeness (QED) is 0.724. The van der Waals surface area contributed by atoms with Crippen LogP contribution in [-0.4, -0.2) is 39.7 Å². The van der Waals surface area contributed by atoms with Gasteiger partial charge in [-0.3, -0.25) is 0 Å². The summed E-state index contributed by atoms with van der Waals surface area (Å²) in [7, 11) is -1.93. The van der Waals surface area contributed by atoms with Crippen molar-refractivity contribution in [3.8, 4) is 0 Å². The van der Waals surface area contributed by atoms with Crippen molar-refractivity contribution in [2.75, 3.05) is 25.6 Å². The lowest BCUT2D eigenvalue weighted by molar-refractivity contribution is 0.188. The van der Waals surface area contributed by atoms with Crippen molar-refractivity contribution in [3.63, 3.8) is 0 Å². The number of methoxy groups -OCH3 is 1. The first-order chi connectivity index (χ1) is 9.49. The lowest BCUT2D eigenvalue weighted by Crippen LogP contribution is -2.33. The van der Waals surface area contributed by atoms with Crippen molar-refractivity contribution in [2.24, 2.45) is 0 Å². The Kier molecular flexibility index (Phi) is 6.90. The van der Waals surface area contributed by atoms with Crippen LogP contribution in [0.25, 0.3) is 0 Å². The van der Waals surface area contributed by atoms with E-state index >= 15 is 0 Å². The van der Waals surface area contributed by atoms with Crippen LogP contribution in [-0.2, 0) is 14.8 Å². The number of anilines is 1. The molecular weight excluding hydrogens is 278 g/mol. The van der Waals surface area contributed by atoms with Gasteiger partial charge in [0.25, 0.3) is 0 Å². The van der Waals surface area contributed by atoms with Gasteiger partial charge in [-0.2, -0.15) is 0 Å². The van der Waals surface area contributed by atoms with Crippen molar-refractivity contribution in [1.29, 1.82) is 0 Å². The summed E-state index contributed by atoms with van der Waals surface area (Å²) >= 11 is 0. The van der Waals surface area contributed by atoms with Crippen LogP contribution in [0.3, 0.4) is 0 Å². The molecule has 2 N–H and O–H groups in total. The van der Waals surface area contributed by atoms with E-state index in [-0.39, 0.29) is 10.9 Å². The second kappa shape index (κ2) is 8.18.